The van der Waals surface area contributed by atoms with Gasteiger partial charge in [-0.15, -0.1) is 5.10 Å². The zero-order chi connectivity index (χ0) is 13.1. The summed E-state index contributed by atoms with van der Waals surface area (Å²) in [7, 11) is 0. The Labute approximate surface area is 106 Å². The molecule has 6 nitrogen and oxygen atoms in total. The standard InChI is InChI=1S/C12H19N5O/c1-8(2)13-5-11-6-17(16-15-11)7-12-14-9(3)10(4)18-12/h6,8,13H,5,7H2,1-4H3. The highest BCUT2D eigenvalue weighted by Crippen LogP contribution is 2.09. The molecule has 0 atom stereocenters. The van der Waals surface area contributed by atoms with Crippen LogP contribution in [0.5, 0.6) is 0 Å². The summed E-state index contributed by atoms with van der Waals surface area (Å²) in [5.74, 6) is 1.52. The Morgan fingerprint density at radius 2 is 2.17 bits per heavy atom. The van der Waals surface area contributed by atoms with E-state index in [1.807, 2.05) is 20.0 Å². The van der Waals surface area contributed by atoms with Crippen LogP contribution in [0.2, 0.25) is 0 Å². The minimum Gasteiger partial charge on any atom is -0.444 e. The van der Waals surface area contributed by atoms with Gasteiger partial charge in [0.15, 0.2) is 0 Å². The van der Waals surface area contributed by atoms with Crippen molar-refractivity contribution in [2.75, 3.05) is 0 Å². The average Bonchev–Trinajstić information content (AvgIpc) is 2.85. The van der Waals surface area contributed by atoms with Crippen molar-refractivity contribution in [1.29, 1.82) is 0 Å². The number of hydrogen-bond acceptors (Lipinski definition) is 5. The second kappa shape index (κ2) is 5.30. The van der Waals surface area contributed by atoms with Crippen molar-refractivity contribution >= 4 is 0 Å². The predicted octanol–water partition coefficient (Wildman–Crippen LogP) is 1.43. The van der Waals surface area contributed by atoms with E-state index in [0.717, 1.165) is 23.7 Å². The predicted molar refractivity (Wildman–Crippen MR) is 67.1 cm³/mol. The molecule has 0 radical (unpaired) electrons. The Bertz CT molecular complexity index is 495. The molecule has 18 heavy (non-hydrogen) atoms. The molecule has 2 aromatic heterocycles. The van der Waals surface area contributed by atoms with Gasteiger partial charge in [0.05, 0.1) is 17.6 Å². The molecule has 0 aliphatic heterocycles. The zero-order valence-corrected chi connectivity index (χ0v) is 11.3. The minimum absolute atomic E-state index is 0.437. The Kier molecular flexibility index (Phi) is 3.76. The first-order chi connectivity index (χ1) is 8.54. The highest BCUT2D eigenvalue weighted by Gasteiger charge is 2.08. The fourth-order valence-electron chi connectivity index (χ4n) is 1.55. The number of rotatable bonds is 5. The molecule has 6 heteroatoms. The van der Waals surface area contributed by atoms with Crippen LogP contribution in [0.25, 0.3) is 0 Å². The van der Waals surface area contributed by atoms with Crippen LogP contribution in [-0.4, -0.2) is 26.0 Å². The van der Waals surface area contributed by atoms with E-state index in [9.17, 15) is 0 Å². The molecular weight excluding hydrogens is 230 g/mol. The van der Waals surface area contributed by atoms with Crippen LogP contribution in [0, 0.1) is 13.8 Å². The minimum atomic E-state index is 0.437. The molecule has 0 aliphatic carbocycles. The van der Waals surface area contributed by atoms with Gasteiger partial charge in [-0.3, -0.25) is 0 Å². The van der Waals surface area contributed by atoms with Gasteiger partial charge in [-0.05, 0) is 13.8 Å². The van der Waals surface area contributed by atoms with E-state index in [1.54, 1.807) is 4.68 Å². The summed E-state index contributed by atoms with van der Waals surface area (Å²) in [6.07, 6.45) is 1.91. The van der Waals surface area contributed by atoms with Gasteiger partial charge in [0.2, 0.25) is 5.89 Å². The van der Waals surface area contributed by atoms with Crippen LogP contribution in [0.1, 0.15) is 36.9 Å². The van der Waals surface area contributed by atoms with Crippen LogP contribution in [-0.2, 0) is 13.1 Å². The SMILES string of the molecule is Cc1nc(Cn2cc(CNC(C)C)nn2)oc1C. The van der Waals surface area contributed by atoms with Gasteiger partial charge < -0.3 is 9.73 Å². The van der Waals surface area contributed by atoms with Crippen LogP contribution < -0.4 is 5.32 Å². The molecular formula is C12H19N5O. The van der Waals surface area contributed by atoms with E-state index in [0.29, 0.717) is 18.5 Å². The van der Waals surface area contributed by atoms with Crippen molar-refractivity contribution in [3.05, 3.63) is 29.2 Å². The van der Waals surface area contributed by atoms with E-state index in [2.05, 4.69) is 34.5 Å². The third-order valence-corrected chi connectivity index (χ3v) is 2.65. The highest BCUT2D eigenvalue weighted by molar-refractivity contribution is 5.05. The van der Waals surface area contributed by atoms with Crippen molar-refractivity contribution in [3.8, 4) is 0 Å². The Morgan fingerprint density at radius 3 is 2.78 bits per heavy atom. The number of oxazole rings is 1. The van der Waals surface area contributed by atoms with Crippen LogP contribution in [0.4, 0.5) is 0 Å². The fraction of sp³-hybridized carbons (Fsp3) is 0.583. The van der Waals surface area contributed by atoms with E-state index >= 15 is 0 Å². The smallest absolute Gasteiger partial charge is 0.216 e. The largest absolute Gasteiger partial charge is 0.444 e. The van der Waals surface area contributed by atoms with Gasteiger partial charge in [-0.1, -0.05) is 19.1 Å². The van der Waals surface area contributed by atoms with Gasteiger partial charge in [0.25, 0.3) is 0 Å². The molecule has 0 spiro atoms. The average molecular weight is 249 g/mol. The number of hydrogen-bond donors (Lipinski definition) is 1. The summed E-state index contributed by atoms with van der Waals surface area (Å²) >= 11 is 0. The van der Waals surface area contributed by atoms with E-state index in [1.165, 1.54) is 0 Å². The lowest BCUT2D eigenvalue weighted by Crippen LogP contribution is -2.21. The molecule has 0 unspecified atom stereocenters. The number of aryl methyl sites for hydroxylation is 2. The molecule has 2 rings (SSSR count). The lowest BCUT2D eigenvalue weighted by Gasteiger charge is -2.03. The maximum atomic E-state index is 5.51. The molecule has 0 fully saturated rings. The summed E-state index contributed by atoms with van der Waals surface area (Å²) in [4.78, 5) is 4.32. The monoisotopic (exact) mass is 249 g/mol. The second-order valence-corrected chi connectivity index (χ2v) is 4.69. The highest BCUT2D eigenvalue weighted by atomic mass is 16.4. The fourth-order valence-corrected chi connectivity index (χ4v) is 1.55. The molecule has 2 aromatic rings. The Balaban J connectivity index is 1.98. The van der Waals surface area contributed by atoms with Crippen LogP contribution in [0.15, 0.2) is 10.6 Å². The number of nitrogens with one attached hydrogen (secondary N) is 1. The summed E-state index contributed by atoms with van der Waals surface area (Å²) in [6.45, 7) is 9.28. The molecule has 2 heterocycles. The van der Waals surface area contributed by atoms with E-state index in [-0.39, 0.29) is 0 Å². The van der Waals surface area contributed by atoms with Gasteiger partial charge in [-0.2, -0.15) is 0 Å². The molecule has 98 valence electrons. The van der Waals surface area contributed by atoms with Crippen molar-refractivity contribution in [3.63, 3.8) is 0 Å². The van der Waals surface area contributed by atoms with Gasteiger partial charge in [-0.25, -0.2) is 9.67 Å². The summed E-state index contributed by atoms with van der Waals surface area (Å²) in [5.41, 5.74) is 1.84. The summed E-state index contributed by atoms with van der Waals surface area (Å²) < 4.78 is 7.25. The van der Waals surface area contributed by atoms with Crippen molar-refractivity contribution in [1.82, 2.24) is 25.3 Å². The topological polar surface area (TPSA) is 68.8 Å². The molecule has 0 bridgehead atoms. The van der Waals surface area contributed by atoms with E-state index in [4.69, 9.17) is 4.42 Å². The maximum absolute atomic E-state index is 5.51. The summed E-state index contributed by atoms with van der Waals surface area (Å²) in [6, 6.07) is 0.437. The van der Waals surface area contributed by atoms with Gasteiger partial charge >= 0.3 is 0 Å². The van der Waals surface area contributed by atoms with E-state index < -0.39 is 0 Å². The molecule has 1 N–H and O–H groups in total. The number of aromatic nitrogens is 4. The number of nitrogens with zero attached hydrogens (tertiary/aromatic N) is 4. The van der Waals surface area contributed by atoms with Crippen LogP contribution in [0.3, 0.4) is 0 Å². The Morgan fingerprint density at radius 1 is 1.39 bits per heavy atom. The zero-order valence-electron chi connectivity index (χ0n) is 11.3. The second-order valence-electron chi connectivity index (χ2n) is 4.69. The normalized spacial score (nSPS) is 11.4. The lowest BCUT2D eigenvalue weighted by molar-refractivity contribution is 0.442. The Hall–Kier alpha value is -1.69. The van der Waals surface area contributed by atoms with Gasteiger partial charge in [0.1, 0.15) is 12.3 Å². The first kappa shape index (κ1) is 12.8. The van der Waals surface area contributed by atoms with Gasteiger partial charge in [0, 0.05) is 12.6 Å². The molecule has 0 saturated heterocycles. The molecule has 0 amide bonds. The molecule has 0 aromatic carbocycles. The summed E-state index contributed by atoms with van der Waals surface area (Å²) in [5, 5.41) is 11.4. The maximum Gasteiger partial charge on any atom is 0.216 e. The molecule has 0 saturated carbocycles. The van der Waals surface area contributed by atoms with Crippen molar-refractivity contribution < 1.29 is 4.42 Å². The first-order valence-electron chi connectivity index (χ1n) is 6.10. The van der Waals surface area contributed by atoms with Crippen molar-refractivity contribution in [2.45, 2.75) is 46.8 Å². The molecule has 0 aliphatic rings. The lowest BCUT2D eigenvalue weighted by atomic mass is 10.3. The quantitative estimate of drug-likeness (QED) is 0.868. The first-order valence-corrected chi connectivity index (χ1v) is 6.10. The third-order valence-electron chi connectivity index (χ3n) is 2.65. The van der Waals surface area contributed by atoms with Crippen molar-refractivity contribution in [2.24, 2.45) is 0 Å². The van der Waals surface area contributed by atoms with Crippen LogP contribution >= 0.6 is 0 Å². The third kappa shape index (κ3) is 3.16.